The second-order valence-electron chi connectivity index (χ2n) is 6.91. The van der Waals surface area contributed by atoms with Crippen LogP contribution in [0, 0.1) is 0 Å². The zero-order valence-corrected chi connectivity index (χ0v) is 14.0. The van der Waals surface area contributed by atoms with E-state index in [4.69, 9.17) is 0 Å². The Labute approximate surface area is 146 Å². The van der Waals surface area contributed by atoms with Gasteiger partial charge in [-0.25, -0.2) is 0 Å². The van der Waals surface area contributed by atoms with Crippen LogP contribution in [0.15, 0.2) is 55.1 Å². The predicted molar refractivity (Wildman–Crippen MR) is 106 cm³/mol. The molecule has 0 amide bonds. The molecule has 25 heavy (non-hydrogen) atoms. The van der Waals surface area contributed by atoms with E-state index in [-0.39, 0.29) is 11.8 Å². The fourth-order valence-electron chi connectivity index (χ4n) is 4.35. The SMILES string of the molecule is C=Cc1c(C(=O)[C@@H]2CCCN2)cc2ccc3cccc4ccc1c2c34. The van der Waals surface area contributed by atoms with Crippen LogP contribution >= 0.6 is 0 Å². The van der Waals surface area contributed by atoms with Crippen LogP contribution in [0.4, 0.5) is 0 Å². The van der Waals surface area contributed by atoms with E-state index in [0.29, 0.717) is 0 Å². The van der Waals surface area contributed by atoms with E-state index in [2.05, 4.69) is 60.4 Å². The number of carbonyl (C=O) groups excluding carboxylic acids is 1. The summed E-state index contributed by atoms with van der Waals surface area (Å²) in [6, 6.07) is 17.0. The van der Waals surface area contributed by atoms with E-state index >= 15 is 0 Å². The van der Waals surface area contributed by atoms with Gasteiger partial charge in [0, 0.05) is 5.56 Å². The quantitative estimate of drug-likeness (QED) is 0.416. The molecule has 0 aliphatic carbocycles. The first-order valence-electron chi connectivity index (χ1n) is 8.88. The van der Waals surface area contributed by atoms with Crippen molar-refractivity contribution < 1.29 is 4.79 Å². The highest BCUT2D eigenvalue weighted by atomic mass is 16.1. The maximum atomic E-state index is 13.1. The Kier molecular flexibility index (Phi) is 3.16. The molecule has 0 spiro atoms. The van der Waals surface area contributed by atoms with Crippen LogP contribution in [0.1, 0.15) is 28.8 Å². The topological polar surface area (TPSA) is 29.1 Å². The first-order chi connectivity index (χ1) is 12.3. The number of benzene rings is 4. The van der Waals surface area contributed by atoms with Gasteiger partial charge in [0.25, 0.3) is 0 Å². The zero-order chi connectivity index (χ0) is 17.0. The zero-order valence-electron chi connectivity index (χ0n) is 14.0. The summed E-state index contributed by atoms with van der Waals surface area (Å²) < 4.78 is 0. The molecule has 1 atom stereocenters. The Morgan fingerprint density at radius 1 is 1.04 bits per heavy atom. The van der Waals surface area contributed by atoms with Crippen LogP contribution in [0.5, 0.6) is 0 Å². The Hall–Kier alpha value is -2.71. The van der Waals surface area contributed by atoms with Crippen molar-refractivity contribution in [2.24, 2.45) is 0 Å². The molecule has 4 aromatic rings. The lowest BCUT2D eigenvalue weighted by Crippen LogP contribution is -2.31. The highest BCUT2D eigenvalue weighted by Crippen LogP contribution is 2.38. The summed E-state index contributed by atoms with van der Waals surface area (Å²) in [6.07, 6.45) is 3.82. The van der Waals surface area contributed by atoms with Crippen LogP contribution in [0.2, 0.25) is 0 Å². The minimum atomic E-state index is -0.0630. The molecule has 1 N–H and O–H groups in total. The number of nitrogens with one attached hydrogen (secondary N) is 1. The summed E-state index contributed by atoms with van der Waals surface area (Å²) in [5, 5.41) is 10.6. The number of rotatable bonds is 3. The van der Waals surface area contributed by atoms with Crippen LogP contribution < -0.4 is 5.32 Å². The molecule has 1 heterocycles. The van der Waals surface area contributed by atoms with Crippen molar-refractivity contribution in [3.05, 3.63) is 66.2 Å². The number of hydrogen-bond donors (Lipinski definition) is 1. The molecule has 2 nitrogen and oxygen atoms in total. The molecule has 5 rings (SSSR count). The van der Waals surface area contributed by atoms with E-state index in [1.54, 1.807) is 0 Å². The lowest BCUT2D eigenvalue weighted by Gasteiger charge is -2.17. The molecule has 1 aliphatic rings. The summed E-state index contributed by atoms with van der Waals surface area (Å²) in [5.41, 5.74) is 1.75. The summed E-state index contributed by atoms with van der Waals surface area (Å²) in [7, 11) is 0. The van der Waals surface area contributed by atoms with Crippen molar-refractivity contribution in [2.45, 2.75) is 18.9 Å². The second kappa shape index (κ2) is 5.40. The van der Waals surface area contributed by atoms with E-state index in [1.807, 2.05) is 6.08 Å². The Morgan fingerprint density at radius 3 is 2.52 bits per heavy atom. The maximum absolute atomic E-state index is 13.1. The van der Waals surface area contributed by atoms with Gasteiger partial charge >= 0.3 is 0 Å². The Bertz CT molecular complexity index is 1120. The predicted octanol–water partition coefficient (Wildman–Crippen LogP) is 5.16. The minimum Gasteiger partial charge on any atom is -0.307 e. The van der Waals surface area contributed by atoms with Gasteiger partial charge < -0.3 is 5.32 Å². The summed E-state index contributed by atoms with van der Waals surface area (Å²) in [6.45, 7) is 4.94. The molecular formula is C23H19NO. The van der Waals surface area contributed by atoms with Gasteiger partial charge in [0.15, 0.2) is 5.78 Å². The molecule has 0 unspecified atom stereocenters. The van der Waals surface area contributed by atoms with Crippen LogP contribution in [0.25, 0.3) is 38.4 Å². The average molecular weight is 325 g/mol. The molecule has 0 saturated carbocycles. The molecule has 1 aliphatic heterocycles. The van der Waals surface area contributed by atoms with Gasteiger partial charge in [-0.2, -0.15) is 0 Å². The van der Waals surface area contributed by atoms with Gasteiger partial charge in [-0.05, 0) is 63.3 Å². The van der Waals surface area contributed by atoms with Crippen molar-refractivity contribution in [2.75, 3.05) is 6.54 Å². The van der Waals surface area contributed by atoms with Gasteiger partial charge in [-0.1, -0.05) is 55.1 Å². The molecular weight excluding hydrogens is 306 g/mol. The van der Waals surface area contributed by atoms with Gasteiger partial charge in [0.05, 0.1) is 6.04 Å². The Balaban J connectivity index is 1.88. The monoisotopic (exact) mass is 325 g/mol. The minimum absolute atomic E-state index is 0.0630. The normalized spacial score (nSPS) is 17.7. The van der Waals surface area contributed by atoms with Crippen molar-refractivity contribution in [1.29, 1.82) is 0 Å². The third kappa shape index (κ3) is 2.04. The van der Waals surface area contributed by atoms with Crippen molar-refractivity contribution in [3.8, 4) is 0 Å². The van der Waals surface area contributed by atoms with E-state index < -0.39 is 0 Å². The van der Waals surface area contributed by atoms with E-state index in [1.165, 1.54) is 21.5 Å². The lowest BCUT2D eigenvalue weighted by atomic mass is 9.87. The number of Topliss-reactive ketones (excluding diaryl/α,β-unsaturated/α-hetero) is 1. The molecule has 2 heteroatoms. The molecule has 1 fully saturated rings. The molecule has 0 aromatic heterocycles. The van der Waals surface area contributed by atoms with E-state index in [9.17, 15) is 4.79 Å². The van der Waals surface area contributed by atoms with Gasteiger partial charge in [-0.3, -0.25) is 4.79 Å². The Morgan fingerprint density at radius 2 is 1.80 bits per heavy atom. The maximum Gasteiger partial charge on any atom is 0.180 e. The fraction of sp³-hybridized carbons (Fsp3) is 0.174. The van der Waals surface area contributed by atoms with Gasteiger partial charge in [0.2, 0.25) is 0 Å². The number of carbonyl (C=O) groups is 1. The third-order valence-corrected chi connectivity index (χ3v) is 5.54. The molecule has 4 aromatic carbocycles. The van der Waals surface area contributed by atoms with Crippen molar-refractivity contribution in [1.82, 2.24) is 5.32 Å². The van der Waals surface area contributed by atoms with Crippen LogP contribution in [0.3, 0.4) is 0 Å². The highest BCUT2D eigenvalue weighted by Gasteiger charge is 2.26. The smallest absolute Gasteiger partial charge is 0.180 e. The first kappa shape index (κ1) is 14.6. The average Bonchev–Trinajstić information content (AvgIpc) is 3.19. The number of hydrogen-bond acceptors (Lipinski definition) is 2. The van der Waals surface area contributed by atoms with E-state index in [0.717, 1.165) is 41.3 Å². The fourth-order valence-corrected chi connectivity index (χ4v) is 4.35. The van der Waals surface area contributed by atoms with Crippen LogP contribution in [-0.4, -0.2) is 18.4 Å². The van der Waals surface area contributed by atoms with Crippen LogP contribution in [-0.2, 0) is 0 Å². The second-order valence-corrected chi connectivity index (χ2v) is 6.91. The third-order valence-electron chi connectivity index (χ3n) is 5.54. The summed E-state index contributed by atoms with van der Waals surface area (Å²) >= 11 is 0. The van der Waals surface area contributed by atoms with Crippen molar-refractivity contribution >= 4 is 44.2 Å². The van der Waals surface area contributed by atoms with Crippen molar-refractivity contribution in [3.63, 3.8) is 0 Å². The largest absolute Gasteiger partial charge is 0.307 e. The highest BCUT2D eigenvalue weighted by molar-refractivity contribution is 6.26. The molecule has 0 radical (unpaired) electrons. The molecule has 122 valence electrons. The van der Waals surface area contributed by atoms with Gasteiger partial charge in [-0.15, -0.1) is 0 Å². The first-order valence-corrected chi connectivity index (χ1v) is 8.88. The van der Waals surface area contributed by atoms with Gasteiger partial charge in [0.1, 0.15) is 0 Å². The number of ketones is 1. The molecule has 0 bridgehead atoms. The lowest BCUT2D eigenvalue weighted by molar-refractivity contribution is 0.0952. The summed E-state index contributed by atoms with van der Waals surface area (Å²) in [4.78, 5) is 13.1. The molecule has 1 saturated heterocycles. The summed E-state index contributed by atoms with van der Waals surface area (Å²) in [5.74, 6) is 0.193. The standard InChI is InChI=1S/C23H19NO/c1-2-17-18-11-10-15-6-3-5-14-8-9-16(22(18)21(14)15)13-19(17)23(25)20-7-4-12-24-20/h2-3,5-6,8-11,13,20,24H,1,4,7,12H2/t20-/m0/s1.